The van der Waals surface area contributed by atoms with Crippen molar-refractivity contribution in [2.24, 2.45) is 5.92 Å². The fourth-order valence-corrected chi connectivity index (χ4v) is 2.24. The number of carbonyl (C=O) groups is 1. The third-order valence-corrected chi connectivity index (χ3v) is 3.24. The second-order valence-electron chi connectivity index (χ2n) is 4.90. The van der Waals surface area contributed by atoms with Crippen molar-refractivity contribution in [3.05, 3.63) is 46.2 Å². The van der Waals surface area contributed by atoms with Gasteiger partial charge in [0.05, 0.1) is 11.3 Å². The maximum absolute atomic E-state index is 10.7. The van der Waals surface area contributed by atoms with Gasteiger partial charge in [0.1, 0.15) is 0 Å². The molecule has 0 aliphatic heterocycles. The standard InChI is InChI=1S/C14H16N2O5/c17-14(18)9-10-2-1-3-11(8-10)15-21-13-6-4-12(5-7-13)16(19)20/h4-8,10,15H,1-3,9H2,(H,17,18). The number of carboxylic acids is 1. The number of benzene rings is 1. The number of aliphatic carboxylic acids is 1. The minimum Gasteiger partial charge on any atom is -0.481 e. The van der Waals surface area contributed by atoms with Crippen molar-refractivity contribution in [3.8, 4) is 5.75 Å². The molecule has 0 radical (unpaired) electrons. The SMILES string of the molecule is O=C(O)CC1C=C(NOc2ccc([N+](=O)[O-])cc2)CCC1. The number of nitrogens with zero attached hydrogens (tertiary/aromatic N) is 1. The Kier molecular flexibility index (Phi) is 4.76. The summed E-state index contributed by atoms with van der Waals surface area (Å²) < 4.78 is 0. The highest BCUT2D eigenvalue weighted by Crippen LogP contribution is 2.24. The largest absolute Gasteiger partial charge is 0.481 e. The second-order valence-corrected chi connectivity index (χ2v) is 4.90. The summed E-state index contributed by atoms with van der Waals surface area (Å²) in [6.45, 7) is 0. The Labute approximate surface area is 121 Å². The van der Waals surface area contributed by atoms with E-state index in [-0.39, 0.29) is 18.0 Å². The van der Waals surface area contributed by atoms with Crippen molar-refractivity contribution in [2.45, 2.75) is 25.7 Å². The maximum Gasteiger partial charge on any atom is 0.303 e. The van der Waals surface area contributed by atoms with Crippen LogP contribution >= 0.6 is 0 Å². The van der Waals surface area contributed by atoms with Crippen LogP contribution in [0.5, 0.6) is 5.75 Å². The lowest BCUT2D eigenvalue weighted by Gasteiger charge is -2.20. The van der Waals surface area contributed by atoms with Crippen molar-refractivity contribution >= 4 is 11.7 Å². The molecule has 1 aromatic carbocycles. The molecule has 0 bridgehead atoms. The highest BCUT2D eigenvalue weighted by atomic mass is 16.6. The first-order valence-electron chi connectivity index (χ1n) is 6.64. The van der Waals surface area contributed by atoms with Crippen LogP contribution in [0.1, 0.15) is 25.7 Å². The number of non-ortho nitro benzene ring substituents is 1. The summed E-state index contributed by atoms with van der Waals surface area (Å²) >= 11 is 0. The number of hydrogen-bond donors (Lipinski definition) is 2. The minimum absolute atomic E-state index is 0.000698. The molecule has 0 amide bonds. The van der Waals surface area contributed by atoms with Gasteiger partial charge in [0.15, 0.2) is 5.75 Å². The van der Waals surface area contributed by atoms with E-state index in [1.807, 2.05) is 6.08 Å². The number of nitro benzene ring substituents is 1. The lowest BCUT2D eigenvalue weighted by Crippen LogP contribution is -2.22. The zero-order valence-corrected chi connectivity index (χ0v) is 11.3. The summed E-state index contributed by atoms with van der Waals surface area (Å²) in [4.78, 5) is 26.1. The normalized spacial score (nSPS) is 17.7. The number of rotatable bonds is 6. The molecule has 2 rings (SSSR count). The van der Waals surface area contributed by atoms with Crippen molar-refractivity contribution in [3.63, 3.8) is 0 Å². The van der Waals surface area contributed by atoms with Crippen molar-refractivity contribution in [1.29, 1.82) is 0 Å². The predicted octanol–water partition coefficient (Wildman–Crippen LogP) is 2.64. The number of hydroxylamine groups is 1. The third-order valence-electron chi connectivity index (χ3n) is 3.24. The Hall–Kier alpha value is -2.57. The number of nitrogens with one attached hydrogen (secondary N) is 1. The zero-order chi connectivity index (χ0) is 15.2. The predicted molar refractivity (Wildman–Crippen MR) is 74.5 cm³/mol. The summed E-state index contributed by atoms with van der Waals surface area (Å²) in [7, 11) is 0. The molecule has 1 unspecified atom stereocenters. The Morgan fingerprint density at radius 1 is 1.43 bits per heavy atom. The van der Waals surface area contributed by atoms with Gasteiger partial charge in [-0.05, 0) is 37.3 Å². The molecule has 7 nitrogen and oxygen atoms in total. The van der Waals surface area contributed by atoms with Gasteiger partial charge in [0.25, 0.3) is 5.69 Å². The lowest BCUT2D eigenvalue weighted by molar-refractivity contribution is -0.384. The zero-order valence-electron chi connectivity index (χ0n) is 11.3. The lowest BCUT2D eigenvalue weighted by atomic mass is 9.91. The summed E-state index contributed by atoms with van der Waals surface area (Å²) in [5, 5.41) is 19.3. The van der Waals surface area contributed by atoms with Crippen LogP contribution < -0.4 is 10.3 Å². The average molecular weight is 292 g/mol. The number of hydrogen-bond acceptors (Lipinski definition) is 5. The number of carboxylic acid groups (broad SMARTS) is 1. The molecule has 21 heavy (non-hydrogen) atoms. The molecule has 7 heteroatoms. The molecule has 1 aliphatic carbocycles. The molecule has 1 atom stereocenters. The topological polar surface area (TPSA) is 102 Å². The van der Waals surface area contributed by atoms with E-state index in [2.05, 4.69) is 5.48 Å². The van der Waals surface area contributed by atoms with Gasteiger partial charge in [-0.1, -0.05) is 6.08 Å². The van der Waals surface area contributed by atoms with E-state index in [1.54, 1.807) is 0 Å². The fraction of sp³-hybridized carbons (Fsp3) is 0.357. The molecule has 1 aliphatic rings. The minimum atomic E-state index is -0.811. The Balaban J connectivity index is 1.91. The van der Waals surface area contributed by atoms with Crippen LogP contribution in [0.3, 0.4) is 0 Å². The first-order chi connectivity index (χ1) is 10.0. The highest BCUT2D eigenvalue weighted by Gasteiger charge is 2.16. The smallest absolute Gasteiger partial charge is 0.303 e. The van der Waals surface area contributed by atoms with Crippen LogP contribution in [0.2, 0.25) is 0 Å². The molecule has 0 saturated heterocycles. The molecular formula is C14H16N2O5. The van der Waals surface area contributed by atoms with Crippen LogP contribution in [0.4, 0.5) is 5.69 Å². The van der Waals surface area contributed by atoms with Gasteiger partial charge in [-0.25, -0.2) is 5.48 Å². The molecule has 0 aromatic heterocycles. The van der Waals surface area contributed by atoms with Crippen LogP contribution in [0.15, 0.2) is 36.0 Å². The Morgan fingerprint density at radius 2 is 2.14 bits per heavy atom. The van der Waals surface area contributed by atoms with Gasteiger partial charge in [-0.3, -0.25) is 14.9 Å². The van der Waals surface area contributed by atoms with E-state index in [4.69, 9.17) is 9.94 Å². The van der Waals surface area contributed by atoms with Gasteiger partial charge in [-0.2, -0.15) is 0 Å². The molecule has 0 saturated carbocycles. The third kappa shape index (κ3) is 4.48. The van der Waals surface area contributed by atoms with Gasteiger partial charge >= 0.3 is 5.97 Å². The first-order valence-corrected chi connectivity index (χ1v) is 6.64. The van der Waals surface area contributed by atoms with E-state index in [0.29, 0.717) is 5.75 Å². The summed E-state index contributed by atoms with van der Waals surface area (Å²) in [5.41, 5.74) is 3.63. The number of allylic oxidation sites excluding steroid dienone is 2. The van der Waals surface area contributed by atoms with Gasteiger partial charge in [0.2, 0.25) is 0 Å². The van der Waals surface area contributed by atoms with Crippen LogP contribution in [0, 0.1) is 16.0 Å². The second kappa shape index (κ2) is 6.74. The Morgan fingerprint density at radius 3 is 2.76 bits per heavy atom. The molecule has 0 spiro atoms. The van der Waals surface area contributed by atoms with Gasteiger partial charge in [0, 0.05) is 17.8 Å². The first kappa shape index (κ1) is 14.8. The highest BCUT2D eigenvalue weighted by molar-refractivity contribution is 5.67. The quantitative estimate of drug-likeness (QED) is 0.617. The van der Waals surface area contributed by atoms with E-state index >= 15 is 0 Å². The Bertz CT molecular complexity index is 553. The molecule has 1 aromatic rings. The molecule has 0 fully saturated rings. The molecule has 2 N–H and O–H groups in total. The van der Waals surface area contributed by atoms with Crippen LogP contribution in [-0.2, 0) is 4.79 Å². The van der Waals surface area contributed by atoms with Crippen molar-refractivity contribution < 1.29 is 19.7 Å². The molecular weight excluding hydrogens is 276 g/mol. The molecule has 112 valence electrons. The monoisotopic (exact) mass is 292 g/mol. The van der Waals surface area contributed by atoms with Crippen LogP contribution in [0.25, 0.3) is 0 Å². The van der Waals surface area contributed by atoms with E-state index in [9.17, 15) is 14.9 Å². The fourth-order valence-electron chi connectivity index (χ4n) is 2.24. The van der Waals surface area contributed by atoms with Crippen molar-refractivity contribution in [1.82, 2.24) is 5.48 Å². The van der Waals surface area contributed by atoms with E-state index < -0.39 is 10.9 Å². The van der Waals surface area contributed by atoms with E-state index in [0.717, 1.165) is 25.0 Å². The van der Waals surface area contributed by atoms with Gasteiger partial charge in [-0.15, -0.1) is 0 Å². The van der Waals surface area contributed by atoms with Crippen molar-refractivity contribution in [2.75, 3.05) is 0 Å². The van der Waals surface area contributed by atoms with E-state index in [1.165, 1.54) is 24.3 Å². The molecule has 0 heterocycles. The number of nitro groups is 1. The summed E-state index contributed by atoms with van der Waals surface area (Å²) in [6, 6.07) is 5.73. The van der Waals surface area contributed by atoms with Crippen LogP contribution in [-0.4, -0.2) is 16.0 Å². The summed E-state index contributed by atoms with van der Waals surface area (Å²) in [5.74, 6) is -0.338. The van der Waals surface area contributed by atoms with Gasteiger partial charge < -0.3 is 9.94 Å². The maximum atomic E-state index is 10.7. The average Bonchev–Trinajstić information content (AvgIpc) is 2.45. The summed E-state index contributed by atoms with van der Waals surface area (Å²) in [6.07, 6.45) is 4.55.